The number of amides is 1. The second-order valence-corrected chi connectivity index (χ2v) is 7.64. The maximum atomic E-state index is 12.1. The Morgan fingerprint density at radius 1 is 1.24 bits per heavy atom. The van der Waals surface area contributed by atoms with Crippen LogP contribution < -0.4 is 10.6 Å². The highest BCUT2D eigenvalue weighted by atomic mass is 16.2. The number of rotatable bonds is 3. The molecule has 0 aromatic heterocycles. The molecule has 1 amide bonds. The Labute approximate surface area is 126 Å². The predicted octanol–water partition coefficient (Wildman–Crippen LogP) is 3.22. The lowest BCUT2D eigenvalue weighted by Gasteiger charge is -2.26. The summed E-state index contributed by atoms with van der Waals surface area (Å²) >= 11 is 0. The fourth-order valence-electron chi connectivity index (χ4n) is 4.49. The van der Waals surface area contributed by atoms with Crippen molar-refractivity contribution in [1.82, 2.24) is 5.32 Å². The van der Waals surface area contributed by atoms with Gasteiger partial charge in [-0.3, -0.25) is 4.79 Å². The van der Waals surface area contributed by atoms with Crippen LogP contribution in [-0.2, 0) is 10.2 Å². The zero-order valence-corrected chi connectivity index (χ0v) is 13.1. The first-order valence-corrected chi connectivity index (χ1v) is 8.14. The van der Waals surface area contributed by atoms with E-state index in [1.165, 1.54) is 24.8 Å². The normalized spacial score (nSPS) is 33.3. The molecule has 4 rings (SSSR count). The molecule has 1 aromatic rings. The van der Waals surface area contributed by atoms with Crippen molar-refractivity contribution in [3.63, 3.8) is 0 Å². The zero-order valence-electron chi connectivity index (χ0n) is 13.1. The van der Waals surface area contributed by atoms with Gasteiger partial charge >= 0.3 is 0 Å². The second kappa shape index (κ2) is 4.33. The lowest BCUT2D eigenvalue weighted by Crippen LogP contribution is -2.27. The minimum atomic E-state index is -0.415. The second-order valence-electron chi connectivity index (χ2n) is 7.64. The van der Waals surface area contributed by atoms with Gasteiger partial charge in [0.1, 0.15) is 0 Å². The van der Waals surface area contributed by atoms with Gasteiger partial charge in [0.2, 0.25) is 5.91 Å². The molecule has 3 unspecified atom stereocenters. The first-order valence-electron chi connectivity index (χ1n) is 8.14. The number of benzene rings is 1. The third-order valence-electron chi connectivity index (χ3n) is 5.95. The number of hydrogen-bond acceptors (Lipinski definition) is 2. The summed E-state index contributed by atoms with van der Waals surface area (Å²) in [7, 11) is 2.07. The van der Waals surface area contributed by atoms with Crippen LogP contribution in [0, 0.1) is 17.8 Å². The van der Waals surface area contributed by atoms with Crippen LogP contribution in [0.1, 0.15) is 50.3 Å². The van der Waals surface area contributed by atoms with Crippen LogP contribution >= 0.6 is 0 Å². The van der Waals surface area contributed by atoms with Crippen molar-refractivity contribution in [1.29, 1.82) is 0 Å². The van der Waals surface area contributed by atoms with Crippen LogP contribution in [0.15, 0.2) is 18.2 Å². The smallest absolute Gasteiger partial charge is 0.234 e. The van der Waals surface area contributed by atoms with Gasteiger partial charge in [-0.25, -0.2) is 0 Å². The molecule has 0 spiro atoms. The molecule has 3 nitrogen and oxygen atoms in total. The van der Waals surface area contributed by atoms with E-state index in [4.69, 9.17) is 0 Å². The average molecular weight is 284 g/mol. The lowest BCUT2D eigenvalue weighted by atomic mass is 9.82. The Kier molecular flexibility index (Phi) is 2.74. The number of fused-ring (bicyclic) bond motifs is 2. The van der Waals surface area contributed by atoms with Crippen LogP contribution in [0.4, 0.5) is 5.69 Å². The summed E-state index contributed by atoms with van der Waals surface area (Å²) in [6.07, 6.45) is 4.20. The van der Waals surface area contributed by atoms with E-state index in [9.17, 15) is 4.79 Å². The summed E-state index contributed by atoms with van der Waals surface area (Å²) in [5.41, 5.74) is 3.06. The van der Waals surface area contributed by atoms with E-state index < -0.39 is 5.41 Å². The number of nitrogens with one attached hydrogen (secondary N) is 2. The molecule has 2 fully saturated rings. The first-order chi connectivity index (χ1) is 10.0. The average Bonchev–Trinajstić information content (AvgIpc) is 2.99. The van der Waals surface area contributed by atoms with E-state index >= 15 is 0 Å². The largest absolute Gasteiger partial charge is 0.325 e. The fourth-order valence-corrected chi connectivity index (χ4v) is 4.49. The van der Waals surface area contributed by atoms with E-state index in [0.717, 1.165) is 29.0 Å². The molecule has 2 saturated carbocycles. The van der Waals surface area contributed by atoms with Crippen LogP contribution in [0.2, 0.25) is 0 Å². The van der Waals surface area contributed by atoms with Crippen LogP contribution in [0.5, 0.6) is 0 Å². The molecule has 3 heteroatoms. The quantitative estimate of drug-likeness (QED) is 0.895. The van der Waals surface area contributed by atoms with E-state index in [0.29, 0.717) is 6.04 Å². The number of hydrogen-bond donors (Lipinski definition) is 2. The van der Waals surface area contributed by atoms with Gasteiger partial charge in [0.15, 0.2) is 0 Å². The van der Waals surface area contributed by atoms with Crippen LogP contribution in [0.3, 0.4) is 0 Å². The first kappa shape index (κ1) is 13.3. The Hall–Kier alpha value is -1.35. The Bertz CT molecular complexity index is 597. The minimum Gasteiger partial charge on any atom is -0.325 e. The highest BCUT2D eigenvalue weighted by Gasteiger charge is 2.48. The van der Waals surface area contributed by atoms with Crippen molar-refractivity contribution < 1.29 is 4.79 Å². The maximum Gasteiger partial charge on any atom is 0.234 e. The van der Waals surface area contributed by atoms with Crippen molar-refractivity contribution >= 4 is 11.6 Å². The number of carbonyl (C=O) groups excluding carboxylic acids is 1. The molecule has 21 heavy (non-hydrogen) atoms. The van der Waals surface area contributed by atoms with Gasteiger partial charge in [-0.1, -0.05) is 12.1 Å². The molecular weight excluding hydrogens is 260 g/mol. The lowest BCUT2D eigenvalue weighted by molar-refractivity contribution is -0.119. The number of carbonyl (C=O) groups is 1. The summed E-state index contributed by atoms with van der Waals surface area (Å²) < 4.78 is 0. The van der Waals surface area contributed by atoms with Crippen molar-refractivity contribution in [2.24, 2.45) is 17.8 Å². The molecular formula is C18H24N2O. The van der Waals surface area contributed by atoms with Gasteiger partial charge in [0, 0.05) is 11.7 Å². The topological polar surface area (TPSA) is 41.1 Å². The molecule has 1 aliphatic heterocycles. The van der Waals surface area contributed by atoms with Crippen molar-refractivity contribution in [2.45, 2.75) is 44.6 Å². The highest BCUT2D eigenvalue weighted by Crippen LogP contribution is 2.57. The highest BCUT2D eigenvalue weighted by molar-refractivity contribution is 6.05. The van der Waals surface area contributed by atoms with E-state index in [-0.39, 0.29) is 5.91 Å². The monoisotopic (exact) mass is 284 g/mol. The van der Waals surface area contributed by atoms with Crippen LogP contribution in [0.25, 0.3) is 0 Å². The predicted molar refractivity (Wildman–Crippen MR) is 84.2 cm³/mol. The summed E-state index contributed by atoms with van der Waals surface area (Å²) in [5.74, 6) is 2.86. The van der Waals surface area contributed by atoms with E-state index in [1.54, 1.807) is 0 Å². The molecule has 2 N–H and O–H groups in total. The Balaban J connectivity index is 1.66. The third-order valence-corrected chi connectivity index (χ3v) is 5.95. The summed E-state index contributed by atoms with van der Waals surface area (Å²) in [6.45, 7) is 4.02. The number of anilines is 1. The van der Waals surface area contributed by atoms with Gasteiger partial charge in [0.25, 0.3) is 0 Å². The van der Waals surface area contributed by atoms with Crippen molar-refractivity contribution in [3.8, 4) is 0 Å². The molecule has 3 aliphatic rings. The summed E-state index contributed by atoms with van der Waals surface area (Å²) in [5, 5.41) is 6.52. The standard InChI is InChI=1S/C18H24N2O/c1-18(2)14-9-10(4-5-15(14)20-17(18)21)16(19-3)13-7-11-6-12(11)8-13/h4-5,9,11-13,16,19H,6-8H2,1-3H3,(H,20,21). The van der Waals surface area contributed by atoms with Gasteiger partial charge < -0.3 is 10.6 Å². The van der Waals surface area contributed by atoms with Gasteiger partial charge in [0.05, 0.1) is 5.41 Å². The zero-order chi connectivity index (χ0) is 14.8. The van der Waals surface area contributed by atoms with Crippen LogP contribution in [-0.4, -0.2) is 13.0 Å². The maximum absolute atomic E-state index is 12.1. The molecule has 0 saturated heterocycles. The Morgan fingerprint density at radius 2 is 1.95 bits per heavy atom. The fraction of sp³-hybridized carbons (Fsp3) is 0.611. The molecule has 3 atom stereocenters. The molecule has 112 valence electrons. The summed E-state index contributed by atoms with van der Waals surface area (Å²) in [4.78, 5) is 12.1. The molecule has 1 heterocycles. The molecule has 0 radical (unpaired) electrons. The molecule has 0 bridgehead atoms. The summed E-state index contributed by atoms with van der Waals surface area (Å²) in [6, 6.07) is 6.94. The molecule has 1 aromatic carbocycles. The van der Waals surface area contributed by atoms with Gasteiger partial charge in [-0.05, 0) is 75.1 Å². The van der Waals surface area contributed by atoms with Crippen molar-refractivity contribution in [2.75, 3.05) is 12.4 Å². The van der Waals surface area contributed by atoms with Gasteiger partial charge in [-0.2, -0.15) is 0 Å². The van der Waals surface area contributed by atoms with Crippen molar-refractivity contribution in [3.05, 3.63) is 29.3 Å². The van der Waals surface area contributed by atoms with Gasteiger partial charge in [-0.15, -0.1) is 0 Å². The van der Waals surface area contributed by atoms with E-state index in [2.05, 4.69) is 35.9 Å². The SMILES string of the molecule is CNC(c1ccc2c(c1)C(C)(C)C(=O)N2)C1CC2CC2C1. The third kappa shape index (κ3) is 1.94. The van der Waals surface area contributed by atoms with E-state index in [1.807, 2.05) is 13.8 Å². The molecule has 2 aliphatic carbocycles. The Morgan fingerprint density at radius 3 is 2.62 bits per heavy atom. The minimum absolute atomic E-state index is 0.109.